The van der Waals surface area contributed by atoms with Crippen molar-refractivity contribution in [1.29, 1.82) is 0 Å². The summed E-state index contributed by atoms with van der Waals surface area (Å²) in [5.41, 5.74) is 6.24. The van der Waals surface area contributed by atoms with Crippen LogP contribution in [0.1, 0.15) is 36.1 Å². The van der Waals surface area contributed by atoms with Crippen LogP contribution >= 0.6 is 0 Å². The largest absolute Gasteiger partial charge is 0.464 e. The van der Waals surface area contributed by atoms with Gasteiger partial charge in [0.25, 0.3) is 0 Å². The fourth-order valence-electron chi connectivity index (χ4n) is 2.83. The monoisotopic (exact) mass is 280 g/mol. The highest BCUT2D eigenvalue weighted by Gasteiger charge is 2.21. The number of nitrogens with zero attached hydrogens (tertiary/aromatic N) is 3. The fourth-order valence-corrected chi connectivity index (χ4v) is 2.83. The van der Waals surface area contributed by atoms with Gasteiger partial charge in [0.05, 0.1) is 7.11 Å². The number of rotatable bonds is 5. The summed E-state index contributed by atoms with van der Waals surface area (Å²) >= 11 is 0. The number of aromatic nitrogens is 2. The third-order valence-electron chi connectivity index (χ3n) is 3.84. The molecule has 1 aromatic rings. The molecule has 1 saturated heterocycles. The van der Waals surface area contributed by atoms with Crippen molar-refractivity contribution in [3.63, 3.8) is 0 Å². The van der Waals surface area contributed by atoms with Crippen LogP contribution in [-0.4, -0.2) is 47.2 Å². The lowest BCUT2D eigenvalue weighted by Crippen LogP contribution is -2.28. The quantitative estimate of drug-likeness (QED) is 0.823. The summed E-state index contributed by atoms with van der Waals surface area (Å²) in [4.78, 5) is 18.3. The van der Waals surface area contributed by atoms with E-state index in [1.54, 1.807) is 0 Å². The summed E-state index contributed by atoms with van der Waals surface area (Å²) in [6.45, 7) is 8.29. The van der Waals surface area contributed by atoms with E-state index >= 15 is 0 Å². The Morgan fingerprint density at radius 2 is 2.05 bits per heavy atom. The average molecular weight is 280 g/mol. The molecule has 112 valence electrons. The molecule has 20 heavy (non-hydrogen) atoms. The van der Waals surface area contributed by atoms with Gasteiger partial charge in [0.2, 0.25) is 0 Å². The van der Waals surface area contributed by atoms with Gasteiger partial charge in [-0.2, -0.15) is 0 Å². The molecule has 1 aliphatic heterocycles. The third-order valence-corrected chi connectivity index (χ3v) is 3.84. The normalized spacial score (nSPS) is 17.4. The maximum Gasteiger partial charge on any atom is 0.360 e. The molecule has 6 nitrogen and oxygen atoms in total. The summed E-state index contributed by atoms with van der Waals surface area (Å²) in [6, 6.07) is 0. The van der Waals surface area contributed by atoms with Gasteiger partial charge in [0.1, 0.15) is 11.6 Å². The SMILES string of the molecule is COC(=O)c1nc(C)n(CC(C)CN2CCCC2)c1N. The Kier molecular flexibility index (Phi) is 4.65. The fraction of sp³-hybridized carbons (Fsp3) is 0.714. The third kappa shape index (κ3) is 3.12. The van der Waals surface area contributed by atoms with E-state index in [1.807, 2.05) is 11.5 Å². The molecule has 6 heteroatoms. The number of anilines is 1. The molecule has 1 unspecified atom stereocenters. The molecule has 0 aromatic carbocycles. The van der Waals surface area contributed by atoms with E-state index in [0.29, 0.717) is 11.7 Å². The Balaban J connectivity index is 2.04. The second kappa shape index (κ2) is 6.26. The number of ether oxygens (including phenoxy) is 1. The number of aryl methyl sites for hydroxylation is 1. The van der Waals surface area contributed by atoms with Crippen LogP contribution in [0.4, 0.5) is 5.82 Å². The van der Waals surface area contributed by atoms with Crippen LogP contribution in [0, 0.1) is 12.8 Å². The lowest BCUT2D eigenvalue weighted by molar-refractivity contribution is 0.0595. The molecule has 0 spiro atoms. The van der Waals surface area contributed by atoms with Crippen molar-refractivity contribution in [2.45, 2.75) is 33.2 Å². The Hall–Kier alpha value is -1.56. The topological polar surface area (TPSA) is 73.4 Å². The van der Waals surface area contributed by atoms with Crippen molar-refractivity contribution in [2.75, 3.05) is 32.5 Å². The van der Waals surface area contributed by atoms with Crippen molar-refractivity contribution in [3.05, 3.63) is 11.5 Å². The van der Waals surface area contributed by atoms with Gasteiger partial charge in [0.15, 0.2) is 5.69 Å². The lowest BCUT2D eigenvalue weighted by Gasteiger charge is -2.21. The van der Waals surface area contributed by atoms with Crippen LogP contribution in [0.15, 0.2) is 0 Å². The second-order valence-electron chi connectivity index (χ2n) is 5.61. The number of carbonyl (C=O) groups is 1. The molecule has 0 radical (unpaired) electrons. The number of hydrogen-bond acceptors (Lipinski definition) is 5. The van der Waals surface area contributed by atoms with E-state index < -0.39 is 5.97 Å². The van der Waals surface area contributed by atoms with Crippen LogP contribution in [0.2, 0.25) is 0 Å². The number of likely N-dealkylation sites (tertiary alicyclic amines) is 1. The number of esters is 1. The molecule has 1 aliphatic rings. The highest BCUT2D eigenvalue weighted by atomic mass is 16.5. The van der Waals surface area contributed by atoms with Crippen LogP contribution < -0.4 is 5.73 Å². The molecule has 1 atom stereocenters. The molecule has 2 N–H and O–H groups in total. The van der Waals surface area contributed by atoms with Gasteiger partial charge in [-0.1, -0.05) is 6.92 Å². The summed E-state index contributed by atoms with van der Waals surface area (Å²) < 4.78 is 6.60. The Morgan fingerprint density at radius 3 is 2.65 bits per heavy atom. The van der Waals surface area contributed by atoms with Gasteiger partial charge < -0.3 is 19.9 Å². The average Bonchev–Trinajstić information content (AvgIpc) is 3.01. The number of carbonyl (C=O) groups excluding carboxylic acids is 1. The van der Waals surface area contributed by atoms with Crippen molar-refractivity contribution in [3.8, 4) is 0 Å². The summed E-state index contributed by atoms with van der Waals surface area (Å²) in [6.07, 6.45) is 2.59. The summed E-state index contributed by atoms with van der Waals surface area (Å²) in [7, 11) is 1.34. The van der Waals surface area contributed by atoms with Crippen LogP contribution in [0.3, 0.4) is 0 Å². The Labute approximate surface area is 119 Å². The van der Waals surface area contributed by atoms with Gasteiger partial charge in [-0.05, 0) is 38.8 Å². The van der Waals surface area contributed by atoms with Gasteiger partial charge in [-0.25, -0.2) is 9.78 Å². The molecule has 0 amide bonds. The zero-order valence-corrected chi connectivity index (χ0v) is 12.6. The van der Waals surface area contributed by atoms with Gasteiger partial charge in [0, 0.05) is 13.1 Å². The first-order valence-corrected chi connectivity index (χ1v) is 7.16. The van der Waals surface area contributed by atoms with Gasteiger partial charge in [-0.15, -0.1) is 0 Å². The van der Waals surface area contributed by atoms with E-state index in [2.05, 4.69) is 16.8 Å². The minimum atomic E-state index is -0.475. The smallest absolute Gasteiger partial charge is 0.360 e. The summed E-state index contributed by atoms with van der Waals surface area (Å²) in [5.74, 6) is 1.16. The molecule has 2 heterocycles. The molecule has 0 bridgehead atoms. The van der Waals surface area contributed by atoms with E-state index in [1.165, 1.54) is 33.0 Å². The molecular formula is C14H24N4O2. The number of nitrogens with two attached hydrogens (primary N) is 1. The van der Waals surface area contributed by atoms with E-state index in [4.69, 9.17) is 10.5 Å². The molecule has 1 aromatic heterocycles. The highest BCUT2D eigenvalue weighted by molar-refractivity contribution is 5.92. The van der Waals surface area contributed by atoms with Crippen molar-refractivity contribution < 1.29 is 9.53 Å². The van der Waals surface area contributed by atoms with E-state index in [0.717, 1.165) is 18.9 Å². The van der Waals surface area contributed by atoms with E-state index in [9.17, 15) is 4.79 Å². The zero-order valence-electron chi connectivity index (χ0n) is 12.6. The zero-order chi connectivity index (χ0) is 14.7. The number of methoxy groups -OCH3 is 1. The number of imidazole rings is 1. The van der Waals surface area contributed by atoms with Gasteiger partial charge >= 0.3 is 5.97 Å². The lowest BCUT2D eigenvalue weighted by atomic mass is 10.1. The van der Waals surface area contributed by atoms with Crippen LogP contribution in [0.5, 0.6) is 0 Å². The molecule has 0 saturated carbocycles. The molecule has 2 rings (SSSR count). The van der Waals surface area contributed by atoms with Crippen LogP contribution in [-0.2, 0) is 11.3 Å². The predicted molar refractivity (Wildman–Crippen MR) is 77.6 cm³/mol. The maximum atomic E-state index is 11.6. The molecular weight excluding hydrogens is 256 g/mol. The number of nitrogen functional groups attached to an aromatic ring is 1. The summed E-state index contributed by atoms with van der Waals surface area (Å²) in [5, 5.41) is 0. The minimum absolute atomic E-state index is 0.221. The first kappa shape index (κ1) is 14.8. The molecule has 0 aliphatic carbocycles. The van der Waals surface area contributed by atoms with Crippen molar-refractivity contribution in [1.82, 2.24) is 14.5 Å². The van der Waals surface area contributed by atoms with Crippen molar-refractivity contribution in [2.24, 2.45) is 5.92 Å². The first-order valence-electron chi connectivity index (χ1n) is 7.16. The maximum absolute atomic E-state index is 11.6. The Bertz CT molecular complexity index is 478. The highest BCUT2D eigenvalue weighted by Crippen LogP contribution is 2.18. The standard InChI is InChI=1S/C14H24N4O2/c1-10(8-17-6-4-5-7-17)9-18-11(2)16-12(13(18)15)14(19)20-3/h10H,4-9,15H2,1-3H3. The van der Waals surface area contributed by atoms with E-state index in [-0.39, 0.29) is 5.69 Å². The van der Waals surface area contributed by atoms with Gasteiger partial charge in [-0.3, -0.25) is 0 Å². The Morgan fingerprint density at radius 1 is 1.40 bits per heavy atom. The van der Waals surface area contributed by atoms with Crippen LogP contribution in [0.25, 0.3) is 0 Å². The second-order valence-corrected chi connectivity index (χ2v) is 5.61. The predicted octanol–water partition coefficient (Wildman–Crippen LogP) is 1.29. The number of hydrogen-bond donors (Lipinski definition) is 1. The van der Waals surface area contributed by atoms with Crippen molar-refractivity contribution >= 4 is 11.8 Å². The minimum Gasteiger partial charge on any atom is -0.464 e. The molecule has 1 fully saturated rings. The first-order chi connectivity index (χ1) is 9.52.